The molecule has 0 saturated carbocycles. The highest BCUT2D eigenvalue weighted by atomic mass is 32.2. The number of para-hydroxylation sites is 1. The second kappa shape index (κ2) is 6.35. The third-order valence-electron chi connectivity index (χ3n) is 1.66. The molecule has 0 radical (unpaired) electrons. The van der Waals surface area contributed by atoms with Crippen molar-refractivity contribution in [3.05, 3.63) is 30.3 Å². The molecule has 0 spiro atoms. The molecular weight excluding hydrogens is 212 g/mol. The van der Waals surface area contributed by atoms with Crippen molar-refractivity contribution in [1.82, 2.24) is 0 Å². The van der Waals surface area contributed by atoms with Gasteiger partial charge in [-0.3, -0.25) is 4.79 Å². The van der Waals surface area contributed by atoms with E-state index < -0.39 is 5.97 Å². The summed E-state index contributed by atoms with van der Waals surface area (Å²) in [6.45, 7) is 1.93. The van der Waals surface area contributed by atoms with Crippen LogP contribution in [0.25, 0.3) is 0 Å². The lowest BCUT2D eigenvalue weighted by Gasteiger charge is -2.13. The average molecular weight is 226 g/mol. The third-order valence-corrected chi connectivity index (χ3v) is 2.81. The highest BCUT2D eigenvalue weighted by Crippen LogP contribution is 2.13. The quantitative estimate of drug-likeness (QED) is 0.808. The Morgan fingerprint density at radius 2 is 2.13 bits per heavy atom. The summed E-state index contributed by atoms with van der Waals surface area (Å²) in [6.07, 6.45) is 0.0248. The number of rotatable bonds is 6. The van der Waals surface area contributed by atoms with Gasteiger partial charge in [0.15, 0.2) is 0 Å². The number of ether oxygens (including phenoxy) is 1. The van der Waals surface area contributed by atoms with Gasteiger partial charge in [0.05, 0.1) is 5.75 Å². The molecule has 4 heteroatoms. The summed E-state index contributed by atoms with van der Waals surface area (Å²) >= 11 is 1.36. The van der Waals surface area contributed by atoms with E-state index in [1.165, 1.54) is 11.8 Å². The van der Waals surface area contributed by atoms with Gasteiger partial charge in [0.1, 0.15) is 11.9 Å². The molecule has 1 N–H and O–H groups in total. The number of hydrogen-bond donors (Lipinski definition) is 1. The Labute approximate surface area is 93.4 Å². The van der Waals surface area contributed by atoms with Gasteiger partial charge >= 0.3 is 5.97 Å². The van der Waals surface area contributed by atoms with Crippen molar-refractivity contribution in [3.63, 3.8) is 0 Å². The molecule has 3 nitrogen and oxygen atoms in total. The van der Waals surface area contributed by atoms with Crippen LogP contribution in [-0.4, -0.2) is 28.7 Å². The van der Waals surface area contributed by atoms with Crippen molar-refractivity contribution in [1.29, 1.82) is 0 Å². The first kappa shape index (κ1) is 11.9. The van der Waals surface area contributed by atoms with Crippen LogP contribution in [0.1, 0.15) is 6.92 Å². The topological polar surface area (TPSA) is 46.5 Å². The maximum atomic E-state index is 10.3. The van der Waals surface area contributed by atoms with Gasteiger partial charge in [0, 0.05) is 5.75 Å². The molecular formula is C11H14O3S. The van der Waals surface area contributed by atoms with E-state index in [1.807, 2.05) is 37.3 Å². The van der Waals surface area contributed by atoms with Gasteiger partial charge in [-0.2, -0.15) is 0 Å². The molecule has 0 saturated heterocycles. The van der Waals surface area contributed by atoms with Crippen molar-refractivity contribution in [3.8, 4) is 5.75 Å². The first-order valence-corrected chi connectivity index (χ1v) is 5.85. The Morgan fingerprint density at radius 1 is 1.47 bits per heavy atom. The highest BCUT2D eigenvalue weighted by Gasteiger charge is 2.05. The lowest BCUT2D eigenvalue weighted by atomic mass is 10.3. The predicted molar refractivity (Wildman–Crippen MR) is 61.5 cm³/mol. The van der Waals surface area contributed by atoms with Gasteiger partial charge < -0.3 is 9.84 Å². The van der Waals surface area contributed by atoms with E-state index in [4.69, 9.17) is 9.84 Å². The third kappa shape index (κ3) is 5.32. The smallest absolute Gasteiger partial charge is 0.313 e. The van der Waals surface area contributed by atoms with Crippen molar-refractivity contribution in [2.45, 2.75) is 13.0 Å². The number of carboxylic acids is 1. The van der Waals surface area contributed by atoms with E-state index in [0.717, 1.165) is 5.75 Å². The molecule has 0 aliphatic rings. The molecule has 15 heavy (non-hydrogen) atoms. The zero-order valence-electron chi connectivity index (χ0n) is 8.55. The van der Waals surface area contributed by atoms with Crippen molar-refractivity contribution >= 4 is 17.7 Å². The van der Waals surface area contributed by atoms with E-state index in [-0.39, 0.29) is 11.9 Å². The van der Waals surface area contributed by atoms with E-state index in [1.54, 1.807) is 0 Å². The van der Waals surface area contributed by atoms with Crippen LogP contribution in [-0.2, 0) is 4.79 Å². The molecule has 0 fully saturated rings. The summed E-state index contributed by atoms with van der Waals surface area (Å²) in [5.74, 6) is 0.844. The molecule has 0 aromatic heterocycles. The zero-order valence-corrected chi connectivity index (χ0v) is 9.37. The van der Waals surface area contributed by atoms with E-state index in [0.29, 0.717) is 5.75 Å². The first-order chi connectivity index (χ1) is 7.18. The monoisotopic (exact) mass is 226 g/mol. The fourth-order valence-electron chi connectivity index (χ4n) is 1.08. The maximum absolute atomic E-state index is 10.3. The summed E-state index contributed by atoms with van der Waals surface area (Å²) < 4.78 is 5.58. The lowest BCUT2D eigenvalue weighted by molar-refractivity contribution is -0.133. The Morgan fingerprint density at radius 3 is 2.73 bits per heavy atom. The molecule has 1 aromatic rings. The second-order valence-electron chi connectivity index (χ2n) is 3.15. The minimum atomic E-state index is -0.785. The van der Waals surface area contributed by atoms with Gasteiger partial charge in [-0.1, -0.05) is 18.2 Å². The number of hydrogen-bond acceptors (Lipinski definition) is 3. The van der Waals surface area contributed by atoms with Crippen molar-refractivity contribution in [2.24, 2.45) is 0 Å². The van der Waals surface area contributed by atoms with Crippen molar-refractivity contribution < 1.29 is 14.6 Å². The van der Waals surface area contributed by atoms with Crippen LogP contribution in [0.4, 0.5) is 0 Å². The Hall–Kier alpha value is -1.16. The number of carbonyl (C=O) groups is 1. The predicted octanol–water partition coefficient (Wildman–Crippen LogP) is 2.27. The van der Waals surface area contributed by atoms with Crippen LogP contribution in [0.5, 0.6) is 5.75 Å². The summed E-state index contributed by atoms with van der Waals surface area (Å²) in [4.78, 5) is 10.3. The number of aliphatic carboxylic acids is 1. The molecule has 0 heterocycles. The molecule has 1 atom stereocenters. The SMILES string of the molecule is CC(CSCC(=O)O)Oc1ccccc1. The molecule has 0 aliphatic heterocycles. The standard InChI is InChI=1S/C11H14O3S/c1-9(7-15-8-11(12)13)14-10-5-3-2-4-6-10/h2-6,9H,7-8H2,1H3,(H,12,13). The maximum Gasteiger partial charge on any atom is 0.313 e. The van der Waals surface area contributed by atoms with E-state index in [9.17, 15) is 4.79 Å². The first-order valence-electron chi connectivity index (χ1n) is 4.69. The van der Waals surface area contributed by atoms with Crippen LogP contribution in [0.3, 0.4) is 0 Å². The molecule has 0 aliphatic carbocycles. The van der Waals surface area contributed by atoms with Crippen LogP contribution in [0.15, 0.2) is 30.3 Å². The van der Waals surface area contributed by atoms with E-state index >= 15 is 0 Å². The number of benzene rings is 1. The van der Waals surface area contributed by atoms with Crippen LogP contribution >= 0.6 is 11.8 Å². The fourth-order valence-corrected chi connectivity index (χ4v) is 1.77. The van der Waals surface area contributed by atoms with Gasteiger partial charge in [0.25, 0.3) is 0 Å². The highest BCUT2D eigenvalue weighted by molar-refractivity contribution is 7.99. The largest absolute Gasteiger partial charge is 0.490 e. The number of thioether (sulfide) groups is 1. The van der Waals surface area contributed by atoms with Crippen LogP contribution in [0, 0.1) is 0 Å². The minimum absolute atomic E-state index is 0.0248. The molecule has 1 unspecified atom stereocenters. The van der Waals surface area contributed by atoms with Gasteiger partial charge in [-0.25, -0.2) is 0 Å². The number of carboxylic acid groups (broad SMARTS) is 1. The molecule has 82 valence electrons. The van der Waals surface area contributed by atoms with Gasteiger partial charge in [-0.15, -0.1) is 11.8 Å². The second-order valence-corrected chi connectivity index (χ2v) is 4.18. The summed E-state index contributed by atoms with van der Waals surface area (Å²) in [5.41, 5.74) is 0. The summed E-state index contributed by atoms with van der Waals surface area (Å²) in [5, 5.41) is 8.45. The summed E-state index contributed by atoms with van der Waals surface area (Å²) in [7, 11) is 0. The molecule has 1 rings (SSSR count). The fraction of sp³-hybridized carbons (Fsp3) is 0.364. The van der Waals surface area contributed by atoms with Crippen LogP contribution < -0.4 is 4.74 Å². The van der Waals surface area contributed by atoms with E-state index in [2.05, 4.69) is 0 Å². The molecule has 1 aromatic carbocycles. The van der Waals surface area contributed by atoms with Gasteiger partial charge in [0.2, 0.25) is 0 Å². The lowest BCUT2D eigenvalue weighted by Crippen LogP contribution is -2.16. The van der Waals surface area contributed by atoms with Crippen LogP contribution in [0.2, 0.25) is 0 Å². The Balaban J connectivity index is 2.24. The van der Waals surface area contributed by atoms with Gasteiger partial charge in [-0.05, 0) is 19.1 Å². The summed E-state index contributed by atoms with van der Waals surface area (Å²) in [6, 6.07) is 9.52. The Kier molecular flexibility index (Phi) is 5.04. The average Bonchev–Trinajstić information content (AvgIpc) is 2.18. The minimum Gasteiger partial charge on any atom is -0.490 e. The zero-order chi connectivity index (χ0) is 11.1. The molecule has 0 amide bonds. The van der Waals surface area contributed by atoms with Crippen molar-refractivity contribution in [2.75, 3.05) is 11.5 Å². The normalized spacial score (nSPS) is 12.1. The Bertz CT molecular complexity index is 300. The molecule has 0 bridgehead atoms.